The van der Waals surface area contributed by atoms with Crippen molar-refractivity contribution in [3.05, 3.63) is 0 Å². The minimum absolute atomic E-state index is 0.109. The summed E-state index contributed by atoms with van der Waals surface area (Å²) in [5, 5.41) is 12.1. The fraction of sp³-hybridized carbons (Fsp3) is 0.917. The third kappa shape index (κ3) is 4.63. The molecular formula is C12H22N2O. The molecule has 0 spiro atoms. The average Bonchev–Trinajstić information content (AvgIpc) is 2.27. The minimum atomic E-state index is 0.109. The molecule has 0 aromatic heterocycles. The zero-order chi connectivity index (χ0) is 11.1. The number of ether oxygens (including phenoxy) is 1. The van der Waals surface area contributed by atoms with Gasteiger partial charge in [-0.3, -0.25) is 0 Å². The Hall–Kier alpha value is -0.590. The van der Waals surface area contributed by atoms with Crippen LogP contribution in [-0.2, 0) is 4.74 Å². The summed E-state index contributed by atoms with van der Waals surface area (Å²) in [6, 6.07) is 2.79. The van der Waals surface area contributed by atoms with Gasteiger partial charge >= 0.3 is 0 Å². The molecule has 0 bridgehead atoms. The van der Waals surface area contributed by atoms with E-state index in [2.05, 4.69) is 18.3 Å². The van der Waals surface area contributed by atoms with Gasteiger partial charge in [-0.1, -0.05) is 13.3 Å². The molecule has 3 unspecified atom stereocenters. The molecular weight excluding hydrogens is 188 g/mol. The summed E-state index contributed by atoms with van der Waals surface area (Å²) in [4.78, 5) is 0. The van der Waals surface area contributed by atoms with Gasteiger partial charge in [0.1, 0.15) is 0 Å². The summed E-state index contributed by atoms with van der Waals surface area (Å²) in [6.45, 7) is 5.82. The van der Waals surface area contributed by atoms with Gasteiger partial charge in [-0.05, 0) is 26.2 Å². The molecule has 86 valence electrons. The smallest absolute Gasteiger partial charge is 0.0666 e. The normalized spacial score (nSPS) is 28.3. The van der Waals surface area contributed by atoms with Crippen molar-refractivity contribution in [2.24, 2.45) is 5.92 Å². The van der Waals surface area contributed by atoms with Crippen molar-refractivity contribution in [2.75, 3.05) is 13.2 Å². The molecule has 3 atom stereocenters. The van der Waals surface area contributed by atoms with E-state index in [1.165, 1.54) is 6.42 Å². The van der Waals surface area contributed by atoms with Crippen molar-refractivity contribution < 1.29 is 4.74 Å². The van der Waals surface area contributed by atoms with E-state index < -0.39 is 0 Å². The van der Waals surface area contributed by atoms with E-state index in [1.807, 2.05) is 6.92 Å². The maximum Gasteiger partial charge on any atom is 0.0666 e. The van der Waals surface area contributed by atoms with Crippen LogP contribution in [0.15, 0.2) is 0 Å². The van der Waals surface area contributed by atoms with Gasteiger partial charge in [0.2, 0.25) is 0 Å². The highest BCUT2D eigenvalue weighted by molar-refractivity contribution is 4.83. The first-order valence-corrected chi connectivity index (χ1v) is 6.00. The Bertz CT molecular complexity index is 210. The van der Waals surface area contributed by atoms with Gasteiger partial charge in [0.15, 0.2) is 0 Å². The summed E-state index contributed by atoms with van der Waals surface area (Å²) in [5.74, 6) is 0.109. The van der Waals surface area contributed by atoms with Crippen LogP contribution in [0.3, 0.4) is 0 Å². The van der Waals surface area contributed by atoms with E-state index in [0.29, 0.717) is 12.1 Å². The average molecular weight is 210 g/mol. The Kier molecular flexibility index (Phi) is 5.67. The fourth-order valence-corrected chi connectivity index (χ4v) is 1.98. The Morgan fingerprint density at radius 1 is 1.60 bits per heavy atom. The topological polar surface area (TPSA) is 45.0 Å². The number of nitriles is 1. The van der Waals surface area contributed by atoms with Gasteiger partial charge in [-0.2, -0.15) is 5.26 Å². The molecule has 1 saturated heterocycles. The van der Waals surface area contributed by atoms with Crippen LogP contribution in [0.25, 0.3) is 0 Å². The lowest BCUT2D eigenvalue weighted by molar-refractivity contribution is -0.00334. The quantitative estimate of drug-likeness (QED) is 0.755. The van der Waals surface area contributed by atoms with E-state index in [1.54, 1.807) is 0 Å². The van der Waals surface area contributed by atoms with Crippen molar-refractivity contribution in [3.63, 3.8) is 0 Å². The second-order valence-electron chi connectivity index (χ2n) is 4.44. The van der Waals surface area contributed by atoms with Crippen LogP contribution < -0.4 is 5.32 Å². The van der Waals surface area contributed by atoms with Crippen LogP contribution >= 0.6 is 0 Å². The highest BCUT2D eigenvalue weighted by Crippen LogP contribution is 2.17. The summed E-state index contributed by atoms with van der Waals surface area (Å²) in [6.07, 6.45) is 4.96. The minimum Gasteiger partial charge on any atom is -0.378 e. The first kappa shape index (κ1) is 12.5. The lowest BCUT2D eigenvalue weighted by atomic mass is 9.99. The van der Waals surface area contributed by atoms with Crippen LogP contribution in [0.2, 0.25) is 0 Å². The maximum atomic E-state index is 8.69. The first-order chi connectivity index (χ1) is 7.26. The molecule has 1 fully saturated rings. The van der Waals surface area contributed by atoms with Gasteiger partial charge < -0.3 is 10.1 Å². The van der Waals surface area contributed by atoms with Crippen molar-refractivity contribution in [3.8, 4) is 6.07 Å². The Morgan fingerprint density at radius 3 is 3.07 bits per heavy atom. The molecule has 1 aliphatic heterocycles. The predicted molar refractivity (Wildman–Crippen MR) is 60.4 cm³/mol. The number of nitrogens with one attached hydrogen (secondary N) is 1. The Morgan fingerprint density at radius 2 is 2.40 bits per heavy atom. The van der Waals surface area contributed by atoms with Crippen molar-refractivity contribution in [1.82, 2.24) is 5.32 Å². The molecule has 0 aromatic rings. The standard InChI is InChI=1S/C12H22N2O/c1-3-4-12-7-11(5-6-15-12)14-9-10(2)8-13/h10-12,14H,3-7,9H2,1-2H3. The summed E-state index contributed by atoms with van der Waals surface area (Å²) < 4.78 is 5.68. The zero-order valence-corrected chi connectivity index (χ0v) is 9.83. The number of hydrogen-bond acceptors (Lipinski definition) is 3. The van der Waals surface area contributed by atoms with Crippen LogP contribution in [0.1, 0.15) is 39.5 Å². The molecule has 0 radical (unpaired) electrons. The van der Waals surface area contributed by atoms with E-state index in [-0.39, 0.29) is 5.92 Å². The largest absolute Gasteiger partial charge is 0.378 e. The van der Waals surface area contributed by atoms with Gasteiger partial charge in [0.25, 0.3) is 0 Å². The Balaban J connectivity index is 2.21. The second-order valence-corrected chi connectivity index (χ2v) is 4.44. The maximum absolute atomic E-state index is 8.69. The van der Waals surface area contributed by atoms with E-state index >= 15 is 0 Å². The number of nitrogens with zero attached hydrogens (tertiary/aromatic N) is 1. The third-order valence-electron chi connectivity index (χ3n) is 2.91. The summed E-state index contributed by atoms with van der Waals surface area (Å²) >= 11 is 0. The van der Waals surface area contributed by atoms with E-state index in [4.69, 9.17) is 10.00 Å². The lowest BCUT2D eigenvalue weighted by Crippen LogP contribution is -2.40. The van der Waals surface area contributed by atoms with Crippen LogP contribution in [-0.4, -0.2) is 25.3 Å². The molecule has 1 heterocycles. The first-order valence-electron chi connectivity index (χ1n) is 6.00. The monoisotopic (exact) mass is 210 g/mol. The number of rotatable bonds is 5. The van der Waals surface area contributed by atoms with Gasteiger partial charge in [0.05, 0.1) is 18.1 Å². The molecule has 1 aliphatic rings. The van der Waals surface area contributed by atoms with Crippen LogP contribution in [0.5, 0.6) is 0 Å². The van der Waals surface area contributed by atoms with Crippen LogP contribution in [0.4, 0.5) is 0 Å². The molecule has 0 amide bonds. The molecule has 1 N–H and O–H groups in total. The third-order valence-corrected chi connectivity index (χ3v) is 2.91. The molecule has 0 aromatic carbocycles. The summed E-state index contributed by atoms with van der Waals surface area (Å²) in [7, 11) is 0. The van der Waals surface area contributed by atoms with E-state index in [0.717, 1.165) is 32.4 Å². The summed E-state index contributed by atoms with van der Waals surface area (Å²) in [5.41, 5.74) is 0. The van der Waals surface area contributed by atoms with Gasteiger partial charge in [-0.25, -0.2) is 0 Å². The molecule has 0 saturated carbocycles. The second kappa shape index (κ2) is 6.81. The SMILES string of the molecule is CCCC1CC(NCC(C)C#N)CCO1. The lowest BCUT2D eigenvalue weighted by Gasteiger charge is -2.30. The van der Waals surface area contributed by atoms with Crippen molar-refractivity contribution in [1.29, 1.82) is 5.26 Å². The fourth-order valence-electron chi connectivity index (χ4n) is 1.98. The molecule has 15 heavy (non-hydrogen) atoms. The van der Waals surface area contributed by atoms with Crippen molar-refractivity contribution >= 4 is 0 Å². The van der Waals surface area contributed by atoms with E-state index in [9.17, 15) is 0 Å². The Labute approximate surface area is 92.8 Å². The van der Waals surface area contributed by atoms with Crippen molar-refractivity contribution in [2.45, 2.75) is 51.7 Å². The highest BCUT2D eigenvalue weighted by Gasteiger charge is 2.21. The van der Waals surface area contributed by atoms with Gasteiger partial charge in [0, 0.05) is 19.2 Å². The predicted octanol–water partition coefficient (Wildman–Crippen LogP) is 2.08. The highest BCUT2D eigenvalue weighted by atomic mass is 16.5. The molecule has 1 rings (SSSR count). The van der Waals surface area contributed by atoms with Gasteiger partial charge in [-0.15, -0.1) is 0 Å². The molecule has 0 aliphatic carbocycles. The molecule has 3 nitrogen and oxygen atoms in total. The van der Waals surface area contributed by atoms with Crippen LogP contribution in [0, 0.1) is 17.2 Å². The zero-order valence-electron chi connectivity index (χ0n) is 9.83. The number of hydrogen-bond donors (Lipinski definition) is 1. The molecule has 3 heteroatoms.